The van der Waals surface area contributed by atoms with E-state index in [1.165, 1.54) is 0 Å². The van der Waals surface area contributed by atoms with Gasteiger partial charge in [-0.25, -0.2) is 0 Å². The molecule has 6 atom stereocenters. The molecule has 0 spiro atoms. The van der Waals surface area contributed by atoms with Gasteiger partial charge in [0.2, 0.25) is 0 Å². The van der Waals surface area contributed by atoms with E-state index in [-0.39, 0.29) is 56.7 Å². The summed E-state index contributed by atoms with van der Waals surface area (Å²) in [6.45, 7) is 19.9. The van der Waals surface area contributed by atoms with Crippen molar-refractivity contribution in [2.45, 2.75) is 178 Å². The minimum absolute atomic E-state index is 0. The molecule has 6 unspecified atom stereocenters. The summed E-state index contributed by atoms with van der Waals surface area (Å²) < 4.78 is 63.1. The van der Waals surface area contributed by atoms with Crippen LogP contribution < -0.4 is 14.7 Å². The quantitative estimate of drug-likeness (QED) is 0.0347. The Hall–Kier alpha value is 0.849. The molecule has 0 rings (SSSR count). The van der Waals surface area contributed by atoms with Crippen molar-refractivity contribution in [3.63, 3.8) is 0 Å². The van der Waals surface area contributed by atoms with Crippen molar-refractivity contribution in [3.05, 3.63) is 0 Å². The fraction of sp³-hybridized carbons (Fsp3) is 1.00. The van der Waals surface area contributed by atoms with Crippen LogP contribution in [0.4, 0.5) is 0 Å². The number of hydrogen-bond donors (Lipinski definition) is 0. The summed E-state index contributed by atoms with van der Waals surface area (Å²) in [5.41, 5.74) is 0. The molecule has 0 aromatic carbocycles. The van der Waals surface area contributed by atoms with Crippen molar-refractivity contribution < 1.29 is 72.6 Å². The third-order valence-electron chi connectivity index (χ3n) is 8.28. The van der Waals surface area contributed by atoms with Crippen LogP contribution in [0.15, 0.2) is 0 Å². The van der Waals surface area contributed by atoms with Crippen LogP contribution in [-0.2, 0) is 57.9 Å². The summed E-state index contributed by atoms with van der Waals surface area (Å²) in [7, 11) is -12.2. The maximum Gasteiger partial charge on any atom is 3.00 e. The van der Waals surface area contributed by atoms with Gasteiger partial charge < -0.3 is 41.8 Å². The first-order valence-electron chi connectivity index (χ1n) is 20.0. The second kappa shape index (κ2) is 40.1. The molecule has 0 bridgehead atoms. The Labute approximate surface area is 330 Å². The molecule has 0 N–H and O–H groups in total. The van der Waals surface area contributed by atoms with Crippen LogP contribution in [0.2, 0.25) is 0 Å². The van der Waals surface area contributed by atoms with Crippen LogP contribution in [0.5, 0.6) is 0 Å². The van der Waals surface area contributed by atoms with Gasteiger partial charge in [-0.3, -0.25) is 13.7 Å². The number of unbranched alkanes of at least 4 members (excludes halogenated alkanes) is 6. The molecule has 0 aliphatic rings. The predicted octanol–water partition coefficient (Wildman–Crippen LogP) is 10.5. The van der Waals surface area contributed by atoms with Crippen LogP contribution in [0.25, 0.3) is 0 Å². The second-order valence-electron chi connectivity index (χ2n) is 13.0. The van der Waals surface area contributed by atoms with Crippen LogP contribution in [-0.4, -0.2) is 39.6 Å². The van der Waals surface area contributed by atoms with Crippen molar-refractivity contribution in [2.75, 3.05) is 39.6 Å². The largest absolute Gasteiger partial charge is 3.00 e. The fourth-order valence-electron chi connectivity index (χ4n) is 4.36. The number of phosphoric ester groups is 3. The minimum atomic E-state index is -4.07. The zero-order valence-electron chi connectivity index (χ0n) is 34.3. The number of rotatable bonds is 33. The van der Waals surface area contributed by atoms with E-state index in [1.54, 1.807) is 0 Å². The van der Waals surface area contributed by atoms with E-state index in [4.69, 9.17) is 27.1 Å². The van der Waals surface area contributed by atoms with Gasteiger partial charge >= 0.3 is 17.1 Å². The van der Waals surface area contributed by atoms with Crippen molar-refractivity contribution >= 4 is 23.5 Å². The molecule has 52 heavy (non-hydrogen) atoms. The van der Waals surface area contributed by atoms with Crippen molar-refractivity contribution in [2.24, 2.45) is 17.8 Å². The third kappa shape index (κ3) is 42.0. The Morgan fingerprint density at radius 3 is 0.769 bits per heavy atom. The molecule has 0 fully saturated rings. The summed E-state index contributed by atoms with van der Waals surface area (Å²) in [6, 6.07) is 0. The van der Waals surface area contributed by atoms with Crippen molar-refractivity contribution in [1.29, 1.82) is 0 Å². The Morgan fingerprint density at radius 1 is 0.385 bits per heavy atom. The normalized spacial score (nSPS) is 16.4. The first-order valence-corrected chi connectivity index (χ1v) is 24.3. The Bertz CT molecular complexity index is 778. The van der Waals surface area contributed by atoms with E-state index in [0.29, 0.717) is 17.8 Å². The molecular weight excluding hydrogens is 773 g/mol. The van der Waals surface area contributed by atoms with Gasteiger partial charge in [-0.2, -0.15) is 0 Å². The van der Waals surface area contributed by atoms with Gasteiger partial charge in [-0.05, 0) is 56.3 Å². The second-order valence-corrected chi connectivity index (χ2v) is 17.3. The fourth-order valence-corrected chi connectivity index (χ4v) is 6.82. The summed E-state index contributed by atoms with van der Waals surface area (Å²) in [6.07, 6.45) is 17.5. The topological polar surface area (TPSA) is 176 Å². The first-order chi connectivity index (χ1) is 24.2. The molecule has 0 saturated heterocycles. The van der Waals surface area contributed by atoms with Gasteiger partial charge in [0.25, 0.3) is 23.5 Å². The molecule has 317 valence electrons. The summed E-state index contributed by atoms with van der Waals surface area (Å²) in [4.78, 5) is 34.1. The number of hydrogen-bond acceptors (Lipinski definition) is 12. The third-order valence-corrected chi connectivity index (χ3v) is 11.2. The molecule has 1 radical (unpaired) electrons. The molecule has 0 aliphatic heterocycles. The van der Waals surface area contributed by atoms with E-state index in [2.05, 4.69) is 41.5 Å². The van der Waals surface area contributed by atoms with E-state index in [9.17, 15) is 28.4 Å². The maximum atomic E-state index is 11.4. The zero-order valence-corrected chi connectivity index (χ0v) is 38.1. The average molecular weight is 852 g/mol. The Kier molecular flexibility index (Phi) is 45.9. The van der Waals surface area contributed by atoms with Crippen LogP contribution >= 0.6 is 23.5 Å². The van der Waals surface area contributed by atoms with Gasteiger partial charge in [0.15, 0.2) is 0 Å². The molecule has 0 saturated carbocycles. The van der Waals surface area contributed by atoms with Crippen LogP contribution in [0.3, 0.4) is 0 Å². The molecule has 0 heterocycles. The molecule has 0 amide bonds. The van der Waals surface area contributed by atoms with E-state index in [0.717, 1.165) is 116 Å². The Balaban J connectivity index is -0.000000329. The maximum absolute atomic E-state index is 11.4. The SMILES string of the molecule is CCCCOP(=O)([O-])OCC(CC)CCCC.CCCCOP(=O)([O-])OCC(CC)CCCC.CCCCOP(=O)([O-])OCC(CC)CCCC.[Fe+3]. The van der Waals surface area contributed by atoms with Gasteiger partial charge in [0, 0.05) is 0 Å². The van der Waals surface area contributed by atoms with Crippen molar-refractivity contribution in [1.82, 2.24) is 0 Å². The van der Waals surface area contributed by atoms with Gasteiger partial charge in [0.05, 0.1) is 39.6 Å². The smallest absolute Gasteiger partial charge is 0.756 e. The van der Waals surface area contributed by atoms with Gasteiger partial charge in [0.1, 0.15) is 0 Å². The average Bonchev–Trinajstić information content (AvgIpc) is 3.09. The number of phosphoric acid groups is 3. The minimum Gasteiger partial charge on any atom is -0.756 e. The Morgan fingerprint density at radius 2 is 0.596 bits per heavy atom. The van der Waals surface area contributed by atoms with Crippen LogP contribution in [0.1, 0.15) is 178 Å². The monoisotopic (exact) mass is 851 g/mol. The van der Waals surface area contributed by atoms with Gasteiger partial charge in [-0.1, -0.05) is 139 Å². The molecule has 0 aromatic heterocycles. The van der Waals surface area contributed by atoms with E-state index in [1.807, 2.05) is 20.8 Å². The molecule has 0 aliphatic carbocycles. The first kappa shape index (κ1) is 59.5. The molecule has 16 heteroatoms. The zero-order chi connectivity index (χ0) is 39.4. The van der Waals surface area contributed by atoms with Crippen LogP contribution in [0, 0.1) is 17.8 Å². The predicted molar refractivity (Wildman–Crippen MR) is 203 cm³/mol. The molecule has 12 nitrogen and oxygen atoms in total. The molecule has 0 aromatic rings. The van der Waals surface area contributed by atoms with E-state index >= 15 is 0 Å². The van der Waals surface area contributed by atoms with Crippen molar-refractivity contribution in [3.8, 4) is 0 Å². The standard InChI is InChI=1S/3C12H27O4P.Fe/c3*1-4-7-9-12(6-3)11-16-17(13,14)15-10-8-5-2;/h3*12H,4-11H2,1-3H3,(H,13,14);/q;;;+3/p-3. The summed E-state index contributed by atoms with van der Waals surface area (Å²) >= 11 is 0. The van der Waals surface area contributed by atoms with Gasteiger partial charge in [-0.15, -0.1) is 0 Å². The summed E-state index contributed by atoms with van der Waals surface area (Å²) in [5, 5.41) is 0. The van der Waals surface area contributed by atoms with E-state index < -0.39 is 23.5 Å². The molecular formula is C36H78FeO12P3. The summed E-state index contributed by atoms with van der Waals surface area (Å²) in [5.74, 6) is 0.936.